The molecule has 0 heterocycles. The van der Waals surface area contributed by atoms with Gasteiger partial charge >= 0.3 is 0 Å². The summed E-state index contributed by atoms with van der Waals surface area (Å²) in [4.78, 5) is 0. The van der Waals surface area contributed by atoms with Crippen molar-refractivity contribution in [3.05, 3.63) is 0 Å². The molecule has 0 radical (unpaired) electrons. The van der Waals surface area contributed by atoms with Crippen LogP contribution in [0.3, 0.4) is 0 Å². The highest BCUT2D eigenvalue weighted by Crippen LogP contribution is 2.30. The van der Waals surface area contributed by atoms with Crippen molar-refractivity contribution in [3.8, 4) is 0 Å². The van der Waals surface area contributed by atoms with Gasteiger partial charge in [-0.25, -0.2) is 0 Å². The molecule has 0 saturated heterocycles. The Morgan fingerprint density at radius 2 is 0.818 bits per heavy atom. The van der Waals surface area contributed by atoms with E-state index in [4.69, 9.17) is 0 Å². The molecule has 2 atom stereocenters. The van der Waals surface area contributed by atoms with Crippen molar-refractivity contribution in [2.45, 2.75) is 130 Å². The van der Waals surface area contributed by atoms with E-state index in [0.717, 1.165) is 11.8 Å². The molecule has 134 valence electrons. The fraction of sp³-hybridized carbons (Fsp3) is 1.00. The smallest absolute Gasteiger partial charge is 0.0412 e. The molecular weight excluding hydrogens is 264 g/mol. The average Bonchev–Trinajstić information content (AvgIpc) is 2.51. The van der Waals surface area contributed by atoms with Crippen LogP contribution in [0, 0.1) is 11.8 Å². The van der Waals surface area contributed by atoms with Crippen LogP contribution in [-0.2, 0) is 0 Å². The van der Waals surface area contributed by atoms with Crippen molar-refractivity contribution in [3.63, 3.8) is 0 Å². The summed E-state index contributed by atoms with van der Waals surface area (Å²) in [7, 11) is 0. The van der Waals surface area contributed by atoms with Crippen LogP contribution >= 0.6 is 0 Å². The summed E-state index contributed by atoms with van der Waals surface area (Å²) < 4.78 is 0. The lowest BCUT2D eigenvalue weighted by Gasteiger charge is -2.24. The number of hydrogen-bond acceptors (Lipinski definition) is 0. The minimum atomic E-state index is 1.02. The number of hydrogen-bond donors (Lipinski definition) is 0. The Kier molecular flexibility index (Phi) is 17.4. The van der Waals surface area contributed by atoms with Gasteiger partial charge in [-0.2, -0.15) is 0 Å². The molecule has 2 unspecified atom stereocenters. The van der Waals surface area contributed by atoms with E-state index >= 15 is 0 Å². The zero-order chi connectivity index (χ0) is 16.5. The minimum Gasteiger partial charge on any atom is -0.0654 e. The molecule has 0 bridgehead atoms. The fourth-order valence-corrected chi connectivity index (χ4v) is 3.87. The molecule has 0 saturated carbocycles. The van der Waals surface area contributed by atoms with Crippen molar-refractivity contribution in [2.75, 3.05) is 0 Å². The standard InChI is InChI=1S/C22H46/c1-5-9-12-15-19-22(18-14-11-7-3)20-21(16-8-4)17-13-10-6-2/h21-22H,5-20H2,1-4H3. The Morgan fingerprint density at radius 1 is 0.409 bits per heavy atom. The van der Waals surface area contributed by atoms with E-state index in [9.17, 15) is 0 Å². The van der Waals surface area contributed by atoms with Gasteiger partial charge in [0.05, 0.1) is 0 Å². The third-order valence-electron chi connectivity index (χ3n) is 5.26. The van der Waals surface area contributed by atoms with Gasteiger partial charge in [-0.3, -0.25) is 0 Å². The number of unbranched alkanes of at least 4 members (excludes halogenated alkanes) is 7. The van der Waals surface area contributed by atoms with Crippen molar-refractivity contribution in [1.82, 2.24) is 0 Å². The van der Waals surface area contributed by atoms with Crippen LogP contribution < -0.4 is 0 Å². The highest BCUT2D eigenvalue weighted by molar-refractivity contribution is 4.68. The van der Waals surface area contributed by atoms with Crippen LogP contribution in [0.25, 0.3) is 0 Å². The van der Waals surface area contributed by atoms with Crippen LogP contribution in [0.15, 0.2) is 0 Å². The molecule has 22 heavy (non-hydrogen) atoms. The molecule has 0 amide bonds. The Morgan fingerprint density at radius 3 is 1.27 bits per heavy atom. The predicted molar refractivity (Wildman–Crippen MR) is 104 cm³/mol. The molecule has 0 aliphatic rings. The second kappa shape index (κ2) is 17.4. The monoisotopic (exact) mass is 310 g/mol. The summed E-state index contributed by atoms with van der Waals surface area (Å²) in [5.74, 6) is 2.05. The van der Waals surface area contributed by atoms with E-state index in [0.29, 0.717) is 0 Å². The molecule has 0 fully saturated rings. The maximum Gasteiger partial charge on any atom is -0.0412 e. The summed E-state index contributed by atoms with van der Waals surface area (Å²) >= 11 is 0. The lowest BCUT2D eigenvalue weighted by Crippen LogP contribution is -2.10. The normalized spacial score (nSPS) is 14.2. The fourth-order valence-electron chi connectivity index (χ4n) is 3.87. The van der Waals surface area contributed by atoms with Gasteiger partial charge in [-0.1, -0.05) is 124 Å². The molecular formula is C22H46. The van der Waals surface area contributed by atoms with Crippen LogP contribution in [0.5, 0.6) is 0 Å². The third-order valence-corrected chi connectivity index (χ3v) is 5.26. The highest BCUT2D eigenvalue weighted by Gasteiger charge is 2.15. The van der Waals surface area contributed by atoms with Gasteiger partial charge in [-0.05, 0) is 18.3 Å². The maximum atomic E-state index is 2.38. The molecule has 0 nitrogen and oxygen atoms in total. The molecule has 0 aliphatic carbocycles. The summed E-state index contributed by atoms with van der Waals surface area (Å²) in [6.45, 7) is 9.36. The summed E-state index contributed by atoms with van der Waals surface area (Å²) in [6.07, 6.45) is 23.3. The Bertz CT molecular complexity index is 196. The van der Waals surface area contributed by atoms with Crippen LogP contribution in [0.1, 0.15) is 130 Å². The van der Waals surface area contributed by atoms with Crippen molar-refractivity contribution in [1.29, 1.82) is 0 Å². The Balaban J connectivity index is 4.19. The van der Waals surface area contributed by atoms with E-state index in [2.05, 4.69) is 27.7 Å². The number of rotatable bonds is 17. The first-order valence-electron chi connectivity index (χ1n) is 10.8. The average molecular weight is 311 g/mol. The Labute approximate surface area is 142 Å². The zero-order valence-electron chi connectivity index (χ0n) is 16.5. The SMILES string of the molecule is CCCCCCC(CCCCC)CC(CCC)CCCCC. The molecule has 0 aromatic heterocycles. The topological polar surface area (TPSA) is 0 Å². The summed E-state index contributed by atoms with van der Waals surface area (Å²) in [5, 5.41) is 0. The van der Waals surface area contributed by atoms with Crippen molar-refractivity contribution >= 4 is 0 Å². The predicted octanol–water partition coefficient (Wildman–Crippen LogP) is 8.54. The van der Waals surface area contributed by atoms with Gasteiger partial charge < -0.3 is 0 Å². The highest BCUT2D eigenvalue weighted by atomic mass is 14.2. The largest absolute Gasteiger partial charge is 0.0654 e. The molecule has 0 aromatic rings. The first-order chi connectivity index (χ1) is 10.8. The maximum absolute atomic E-state index is 2.38. The molecule has 0 N–H and O–H groups in total. The lowest BCUT2D eigenvalue weighted by atomic mass is 9.82. The zero-order valence-corrected chi connectivity index (χ0v) is 16.5. The van der Waals surface area contributed by atoms with Gasteiger partial charge in [0.1, 0.15) is 0 Å². The molecule has 0 spiro atoms. The minimum absolute atomic E-state index is 1.02. The van der Waals surface area contributed by atoms with Gasteiger partial charge in [0.15, 0.2) is 0 Å². The van der Waals surface area contributed by atoms with E-state index in [1.807, 2.05) is 0 Å². The second-order valence-electron chi connectivity index (χ2n) is 7.60. The Hall–Kier alpha value is 0. The van der Waals surface area contributed by atoms with E-state index in [1.54, 1.807) is 0 Å². The summed E-state index contributed by atoms with van der Waals surface area (Å²) in [6, 6.07) is 0. The molecule has 0 aromatic carbocycles. The van der Waals surface area contributed by atoms with E-state index < -0.39 is 0 Å². The van der Waals surface area contributed by atoms with Crippen LogP contribution in [-0.4, -0.2) is 0 Å². The van der Waals surface area contributed by atoms with Crippen molar-refractivity contribution in [2.24, 2.45) is 11.8 Å². The van der Waals surface area contributed by atoms with E-state index in [1.165, 1.54) is 103 Å². The van der Waals surface area contributed by atoms with Gasteiger partial charge in [0.2, 0.25) is 0 Å². The van der Waals surface area contributed by atoms with E-state index in [-0.39, 0.29) is 0 Å². The second-order valence-corrected chi connectivity index (χ2v) is 7.60. The first-order valence-corrected chi connectivity index (χ1v) is 10.8. The van der Waals surface area contributed by atoms with Gasteiger partial charge in [0, 0.05) is 0 Å². The lowest BCUT2D eigenvalue weighted by molar-refractivity contribution is 0.288. The van der Waals surface area contributed by atoms with Gasteiger partial charge in [-0.15, -0.1) is 0 Å². The molecule has 0 heteroatoms. The quantitative estimate of drug-likeness (QED) is 0.236. The third kappa shape index (κ3) is 13.6. The van der Waals surface area contributed by atoms with Crippen molar-refractivity contribution < 1.29 is 0 Å². The summed E-state index contributed by atoms with van der Waals surface area (Å²) in [5.41, 5.74) is 0. The van der Waals surface area contributed by atoms with Gasteiger partial charge in [0.25, 0.3) is 0 Å². The van der Waals surface area contributed by atoms with Crippen LogP contribution in [0.4, 0.5) is 0 Å². The molecule has 0 aliphatic heterocycles. The first kappa shape index (κ1) is 22.0. The van der Waals surface area contributed by atoms with Crippen LogP contribution in [0.2, 0.25) is 0 Å². The molecule has 0 rings (SSSR count).